The van der Waals surface area contributed by atoms with Crippen molar-refractivity contribution in [3.63, 3.8) is 0 Å². The van der Waals surface area contributed by atoms with Gasteiger partial charge in [0.1, 0.15) is 6.04 Å². The Morgan fingerprint density at radius 3 is 2.50 bits per heavy atom. The highest BCUT2D eigenvalue weighted by atomic mass is 35.5. The van der Waals surface area contributed by atoms with Crippen molar-refractivity contribution in [2.75, 3.05) is 6.54 Å². The number of carbonyl (C=O) groups excluding carboxylic acids is 1. The minimum Gasteiger partial charge on any atom is -0.351 e. The molecule has 2 aromatic rings. The number of benzene rings is 2. The van der Waals surface area contributed by atoms with Crippen LogP contribution in [0, 0.1) is 0 Å². The minimum atomic E-state index is -3.75. The van der Waals surface area contributed by atoms with Gasteiger partial charge in [0.2, 0.25) is 15.9 Å². The third-order valence-corrected chi connectivity index (χ3v) is 6.88. The van der Waals surface area contributed by atoms with Crippen LogP contribution in [0.25, 0.3) is 0 Å². The van der Waals surface area contributed by atoms with E-state index in [1.807, 2.05) is 18.2 Å². The molecule has 26 heavy (non-hydrogen) atoms. The van der Waals surface area contributed by atoms with Gasteiger partial charge in [-0.05, 0) is 48.7 Å². The smallest absolute Gasteiger partial charge is 0.243 e. The number of rotatable bonds is 5. The second-order valence-electron chi connectivity index (χ2n) is 6.04. The summed E-state index contributed by atoms with van der Waals surface area (Å²) in [5, 5.41) is 3.81. The molecular weight excluding hydrogens is 395 g/mol. The molecular formula is C18H18Cl2N2O3S. The molecule has 1 aliphatic heterocycles. The third kappa shape index (κ3) is 4.04. The van der Waals surface area contributed by atoms with Gasteiger partial charge in [0, 0.05) is 23.1 Å². The highest BCUT2D eigenvalue weighted by molar-refractivity contribution is 7.89. The van der Waals surface area contributed by atoms with Gasteiger partial charge in [-0.15, -0.1) is 0 Å². The fourth-order valence-corrected chi connectivity index (χ4v) is 4.96. The summed E-state index contributed by atoms with van der Waals surface area (Å²) >= 11 is 11.9. The predicted octanol–water partition coefficient (Wildman–Crippen LogP) is 3.46. The van der Waals surface area contributed by atoms with Crippen molar-refractivity contribution in [3.05, 3.63) is 64.1 Å². The van der Waals surface area contributed by atoms with E-state index in [9.17, 15) is 13.2 Å². The number of nitrogens with one attached hydrogen (secondary N) is 1. The first kappa shape index (κ1) is 19.2. The van der Waals surface area contributed by atoms with Crippen molar-refractivity contribution in [3.8, 4) is 0 Å². The van der Waals surface area contributed by atoms with E-state index in [2.05, 4.69) is 5.32 Å². The Morgan fingerprint density at radius 2 is 1.81 bits per heavy atom. The average molecular weight is 413 g/mol. The normalized spacial score (nSPS) is 18.0. The first-order valence-corrected chi connectivity index (χ1v) is 10.4. The number of amides is 1. The zero-order valence-corrected chi connectivity index (χ0v) is 16.2. The molecule has 1 saturated heterocycles. The third-order valence-electron chi connectivity index (χ3n) is 4.34. The summed E-state index contributed by atoms with van der Waals surface area (Å²) in [6.45, 7) is 0.568. The molecule has 0 aromatic heterocycles. The Morgan fingerprint density at radius 1 is 1.12 bits per heavy atom. The Balaban J connectivity index is 1.74. The first-order valence-electron chi connectivity index (χ1n) is 8.18. The van der Waals surface area contributed by atoms with Crippen molar-refractivity contribution in [1.82, 2.24) is 9.62 Å². The van der Waals surface area contributed by atoms with E-state index in [1.54, 1.807) is 6.07 Å². The number of nitrogens with zero attached hydrogens (tertiary/aromatic N) is 1. The van der Waals surface area contributed by atoms with E-state index >= 15 is 0 Å². The fraction of sp³-hybridized carbons (Fsp3) is 0.278. The summed E-state index contributed by atoms with van der Waals surface area (Å²) in [4.78, 5) is 12.7. The molecule has 5 nitrogen and oxygen atoms in total. The first-order chi connectivity index (χ1) is 12.4. The van der Waals surface area contributed by atoms with Crippen LogP contribution in [-0.4, -0.2) is 31.2 Å². The van der Waals surface area contributed by atoms with Crippen molar-refractivity contribution in [2.45, 2.75) is 30.3 Å². The molecule has 3 rings (SSSR count). The second kappa shape index (κ2) is 7.96. The van der Waals surface area contributed by atoms with Crippen LogP contribution in [0.5, 0.6) is 0 Å². The lowest BCUT2D eigenvalue weighted by molar-refractivity contribution is -0.124. The van der Waals surface area contributed by atoms with Crippen molar-refractivity contribution >= 4 is 39.1 Å². The highest BCUT2D eigenvalue weighted by Crippen LogP contribution is 2.27. The van der Waals surface area contributed by atoms with E-state index in [-0.39, 0.29) is 17.3 Å². The molecule has 0 bridgehead atoms. The van der Waals surface area contributed by atoms with Crippen LogP contribution in [0.15, 0.2) is 53.4 Å². The minimum absolute atomic E-state index is 0.132. The molecule has 1 fully saturated rings. The van der Waals surface area contributed by atoms with Crippen LogP contribution in [0.2, 0.25) is 10.0 Å². The van der Waals surface area contributed by atoms with Crippen LogP contribution in [0.4, 0.5) is 0 Å². The summed E-state index contributed by atoms with van der Waals surface area (Å²) in [6.07, 6.45) is 1.12. The molecule has 1 aliphatic rings. The molecule has 1 amide bonds. The maximum atomic E-state index is 12.9. The summed E-state index contributed by atoms with van der Waals surface area (Å²) in [5.41, 5.74) is 0.785. The molecule has 1 heterocycles. The largest absolute Gasteiger partial charge is 0.351 e. The maximum absolute atomic E-state index is 12.9. The standard InChI is InChI=1S/C18H18Cl2N2O3S/c19-14-7-9-15(10-8-14)26(24,25)22-11-3-6-17(22)18(23)21-12-13-4-1-2-5-16(13)20/h1-2,4-5,7-10,17H,3,6,11-12H2,(H,21,23)/t17-/m1/s1. The van der Waals surface area contributed by atoms with E-state index in [1.165, 1.54) is 28.6 Å². The number of sulfonamides is 1. The van der Waals surface area contributed by atoms with Crippen LogP contribution in [0.3, 0.4) is 0 Å². The number of hydrogen-bond donors (Lipinski definition) is 1. The van der Waals surface area contributed by atoms with Gasteiger partial charge >= 0.3 is 0 Å². The number of halogens is 2. The SMILES string of the molecule is O=C(NCc1ccccc1Cl)[C@H]1CCCN1S(=O)(=O)c1ccc(Cl)cc1. The fourth-order valence-electron chi connectivity index (χ4n) is 2.97. The maximum Gasteiger partial charge on any atom is 0.243 e. The Hall–Kier alpha value is -1.60. The molecule has 1 N–H and O–H groups in total. The summed E-state index contributed by atoms with van der Waals surface area (Å²) in [7, 11) is -3.75. The zero-order chi connectivity index (χ0) is 18.7. The van der Waals surface area contributed by atoms with Crippen LogP contribution in [0.1, 0.15) is 18.4 Å². The topological polar surface area (TPSA) is 66.5 Å². The van der Waals surface area contributed by atoms with Gasteiger partial charge in [-0.25, -0.2) is 8.42 Å². The van der Waals surface area contributed by atoms with Crippen molar-refractivity contribution in [2.24, 2.45) is 0 Å². The lowest BCUT2D eigenvalue weighted by atomic mass is 10.2. The molecule has 8 heteroatoms. The molecule has 0 saturated carbocycles. The Bertz CT molecular complexity index is 901. The summed E-state index contributed by atoms with van der Waals surface area (Å²) < 4.78 is 27.0. The average Bonchev–Trinajstić information content (AvgIpc) is 3.12. The van der Waals surface area contributed by atoms with Gasteiger partial charge in [0.05, 0.1) is 4.90 Å². The van der Waals surface area contributed by atoms with Crippen LogP contribution < -0.4 is 5.32 Å². The molecule has 2 aromatic carbocycles. The lowest BCUT2D eigenvalue weighted by Gasteiger charge is -2.23. The monoisotopic (exact) mass is 412 g/mol. The molecule has 0 aliphatic carbocycles. The molecule has 0 radical (unpaired) electrons. The van der Waals surface area contributed by atoms with Crippen molar-refractivity contribution in [1.29, 1.82) is 0 Å². The Kier molecular flexibility index (Phi) is 5.87. The van der Waals surface area contributed by atoms with Crippen LogP contribution >= 0.6 is 23.2 Å². The molecule has 0 unspecified atom stereocenters. The number of carbonyl (C=O) groups is 1. The quantitative estimate of drug-likeness (QED) is 0.817. The second-order valence-corrected chi connectivity index (χ2v) is 8.77. The molecule has 1 atom stereocenters. The van der Waals surface area contributed by atoms with E-state index in [0.717, 1.165) is 5.56 Å². The van der Waals surface area contributed by atoms with Gasteiger partial charge < -0.3 is 5.32 Å². The van der Waals surface area contributed by atoms with Gasteiger partial charge in [-0.2, -0.15) is 4.31 Å². The van der Waals surface area contributed by atoms with Gasteiger partial charge in [0.15, 0.2) is 0 Å². The van der Waals surface area contributed by atoms with Gasteiger partial charge in [0.25, 0.3) is 0 Å². The van der Waals surface area contributed by atoms with E-state index in [4.69, 9.17) is 23.2 Å². The summed E-state index contributed by atoms with van der Waals surface area (Å²) in [6, 6.07) is 12.4. The van der Waals surface area contributed by atoms with E-state index in [0.29, 0.717) is 29.4 Å². The summed E-state index contributed by atoms with van der Waals surface area (Å²) in [5.74, 6) is -0.319. The molecule has 0 spiro atoms. The Labute approximate surface area is 163 Å². The van der Waals surface area contributed by atoms with Crippen molar-refractivity contribution < 1.29 is 13.2 Å². The van der Waals surface area contributed by atoms with E-state index < -0.39 is 16.1 Å². The van der Waals surface area contributed by atoms with Crippen LogP contribution in [-0.2, 0) is 21.4 Å². The van der Waals surface area contributed by atoms with Gasteiger partial charge in [-0.3, -0.25) is 4.79 Å². The molecule has 138 valence electrons. The zero-order valence-electron chi connectivity index (χ0n) is 13.9. The number of hydrogen-bond acceptors (Lipinski definition) is 3. The highest BCUT2D eigenvalue weighted by Gasteiger charge is 2.39. The lowest BCUT2D eigenvalue weighted by Crippen LogP contribution is -2.45. The van der Waals surface area contributed by atoms with Gasteiger partial charge in [-0.1, -0.05) is 41.4 Å². The predicted molar refractivity (Wildman–Crippen MR) is 102 cm³/mol.